The van der Waals surface area contributed by atoms with Crippen LogP contribution in [0.5, 0.6) is 0 Å². The summed E-state index contributed by atoms with van der Waals surface area (Å²) in [6.45, 7) is 1.42. The number of anilines is 2. The van der Waals surface area contributed by atoms with Gasteiger partial charge in [0, 0.05) is 21.4 Å². The van der Waals surface area contributed by atoms with E-state index < -0.39 is 28.0 Å². The van der Waals surface area contributed by atoms with E-state index in [9.17, 15) is 18.0 Å². The number of carbonyl (C=O) groups excluding carboxylic acids is 2. The average Bonchev–Trinajstić information content (AvgIpc) is 3.23. The highest BCUT2D eigenvalue weighted by Crippen LogP contribution is 2.23. The minimum atomic E-state index is -3.69. The van der Waals surface area contributed by atoms with Gasteiger partial charge in [0.05, 0.1) is 5.56 Å². The fourth-order valence-corrected chi connectivity index (χ4v) is 5.03. The van der Waals surface area contributed by atoms with Gasteiger partial charge in [-0.1, -0.05) is 29.3 Å². The van der Waals surface area contributed by atoms with E-state index in [4.69, 9.17) is 27.9 Å². The second-order valence-corrected chi connectivity index (χ2v) is 10.0. The quantitative estimate of drug-likeness (QED) is 0.444. The smallest absolute Gasteiger partial charge is 0.338 e. The summed E-state index contributed by atoms with van der Waals surface area (Å²) in [6, 6.07) is 13.3. The van der Waals surface area contributed by atoms with E-state index in [2.05, 4.69) is 10.0 Å². The summed E-state index contributed by atoms with van der Waals surface area (Å²) in [5.41, 5.74) is 0.811. The molecule has 11 heteroatoms. The lowest BCUT2D eigenvalue weighted by Crippen LogP contribution is -2.30. The standard InChI is InChI=1S/C20H16Cl2N2O5S2/c1-12(19(25)23-17-10-14(21)9-15(22)11-17)29-20(26)13-4-6-16(7-5-13)24-31(27,28)18-3-2-8-30-18/h2-12,24H,1H3,(H,23,25)/t12-/m1/s1. The van der Waals surface area contributed by atoms with E-state index in [1.165, 1.54) is 55.5 Å². The van der Waals surface area contributed by atoms with E-state index in [1.807, 2.05) is 0 Å². The van der Waals surface area contributed by atoms with E-state index in [0.29, 0.717) is 15.7 Å². The van der Waals surface area contributed by atoms with Crippen molar-refractivity contribution in [2.75, 3.05) is 10.0 Å². The second-order valence-electron chi connectivity index (χ2n) is 6.31. The summed E-state index contributed by atoms with van der Waals surface area (Å²) in [5, 5.41) is 4.92. The van der Waals surface area contributed by atoms with Gasteiger partial charge in [-0.05, 0) is 60.8 Å². The molecule has 162 valence electrons. The molecule has 1 amide bonds. The van der Waals surface area contributed by atoms with E-state index in [0.717, 1.165) is 11.3 Å². The van der Waals surface area contributed by atoms with Crippen molar-refractivity contribution in [2.45, 2.75) is 17.2 Å². The molecule has 3 rings (SSSR count). The molecule has 2 aromatic carbocycles. The molecule has 0 saturated carbocycles. The topological polar surface area (TPSA) is 102 Å². The SMILES string of the molecule is C[C@@H](OC(=O)c1ccc(NS(=O)(=O)c2cccs2)cc1)C(=O)Nc1cc(Cl)cc(Cl)c1. The third kappa shape index (κ3) is 6.20. The predicted octanol–water partition coefficient (Wildman–Crippen LogP) is 5.04. The van der Waals surface area contributed by atoms with Crippen molar-refractivity contribution < 1.29 is 22.7 Å². The molecule has 2 N–H and O–H groups in total. The molecule has 0 bridgehead atoms. The number of rotatable bonds is 7. The maximum atomic E-state index is 12.3. The first kappa shape index (κ1) is 23.1. The molecule has 0 saturated heterocycles. The Morgan fingerprint density at radius 3 is 2.23 bits per heavy atom. The zero-order chi connectivity index (χ0) is 22.6. The number of thiophene rings is 1. The molecular weight excluding hydrogens is 483 g/mol. The Bertz CT molecular complexity index is 1180. The van der Waals surface area contributed by atoms with Crippen LogP contribution in [0.3, 0.4) is 0 Å². The molecule has 31 heavy (non-hydrogen) atoms. The summed E-state index contributed by atoms with van der Waals surface area (Å²) >= 11 is 12.9. The summed E-state index contributed by atoms with van der Waals surface area (Å²) in [5.74, 6) is -1.30. The Morgan fingerprint density at radius 1 is 1.00 bits per heavy atom. The largest absolute Gasteiger partial charge is 0.449 e. The van der Waals surface area contributed by atoms with Gasteiger partial charge < -0.3 is 10.1 Å². The van der Waals surface area contributed by atoms with Crippen LogP contribution in [0.1, 0.15) is 17.3 Å². The number of esters is 1. The van der Waals surface area contributed by atoms with Crippen LogP contribution in [0, 0.1) is 0 Å². The normalized spacial score (nSPS) is 12.1. The summed E-state index contributed by atoms with van der Waals surface area (Å²) in [6.07, 6.45) is -1.10. The van der Waals surface area contributed by atoms with Gasteiger partial charge in [0.2, 0.25) is 0 Å². The van der Waals surface area contributed by atoms with E-state index in [-0.39, 0.29) is 15.5 Å². The molecule has 1 atom stereocenters. The van der Waals surface area contributed by atoms with Crippen molar-refractivity contribution >= 4 is 67.8 Å². The van der Waals surface area contributed by atoms with Crippen LogP contribution in [-0.2, 0) is 19.6 Å². The Labute approximate surface area is 193 Å². The highest BCUT2D eigenvalue weighted by Gasteiger charge is 2.20. The Balaban J connectivity index is 1.60. The van der Waals surface area contributed by atoms with Crippen molar-refractivity contribution in [3.05, 3.63) is 75.6 Å². The van der Waals surface area contributed by atoms with Crippen LogP contribution in [0.15, 0.2) is 64.2 Å². The lowest BCUT2D eigenvalue weighted by atomic mass is 10.2. The average molecular weight is 499 g/mol. The molecule has 0 aliphatic carbocycles. The van der Waals surface area contributed by atoms with Gasteiger partial charge in [-0.15, -0.1) is 11.3 Å². The van der Waals surface area contributed by atoms with Gasteiger partial charge in [0.15, 0.2) is 6.10 Å². The number of nitrogens with one attached hydrogen (secondary N) is 2. The molecule has 1 aromatic heterocycles. The van der Waals surface area contributed by atoms with Crippen molar-refractivity contribution in [3.8, 4) is 0 Å². The number of sulfonamides is 1. The summed E-state index contributed by atoms with van der Waals surface area (Å²) in [7, 11) is -3.69. The van der Waals surface area contributed by atoms with Gasteiger partial charge in [0.25, 0.3) is 15.9 Å². The molecule has 7 nitrogen and oxygen atoms in total. The van der Waals surface area contributed by atoms with Gasteiger partial charge in [-0.3, -0.25) is 9.52 Å². The summed E-state index contributed by atoms with van der Waals surface area (Å²) in [4.78, 5) is 24.6. The van der Waals surface area contributed by atoms with Crippen LogP contribution >= 0.6 is 34.5 Å². The van der Waals surface area contributed by atoms with Crippen molar-refractivity contribution in [1.29, 1.82) is 0 Å². The molecule has 0 aliphatic rings. The third-order valence-corrected chi connectivity index (χ3v) is 7.13. The van der Waals surface area contributed by atoms with Crippen LogP contribution in [0.4, 0.5) is 11.4 Å². The maximum Gasteiger partial charge on any atom is 0.338 e. The van der Waals surface area contributed by atoms with Crippen LogP contribution in [0.25, 0.3) is 0 Å². The number of halogens is 2. The number of amides is 1. The maximum absolute atomic E-state index is 12.3. The van der Waals surface area contributed by atoms with E-state index in [1.54, 1.807) is 11.4 Å². The number of hydrogen-bond acceptors (Lipinski definition) is 6. The Morgan fingerprint density at radius 2 is 1.65 bits per heavy atom. The highest BCUT2D eigenvalue weighted by molar-refractivity contribution is 7.94. The van der Waals surface area contributed by atoms with Crippen LogP contribution < -0.4 is 10.0 Å². The number of carbonyl (C=O) groups is 2. The fraction of sp³-hybridized carbons (Fsp3) is 0.100. The number of benzene rings is 2. The van der Waals surface area contributed by atoms with Gasteiger partial charge >= 0.3 is 5.97 Å². The lowest BCUT2D eigenvalue weighted by molar-refractivity contribution is -0.123. The molecule has 0 spiro atoms. The molecule has 0 fully saturated rings. The molecule has 0 radical (unpaired) electrons. The summed E-state index contributed by atoms with van der Waals surface area (Å²) < 4.78 is 32.3. The van der Waals surface area contributed by atoms with Gasteiger partial charge in [0.1, 0.15) is 4.21 Å². The van der Waals surface area contributed by atoms with Gasteiger partial charge in [-0.25, -0.2) is 13.2 Å². The predicted molar refractivity (Wildman–Crippen MR) is 122 cm³/mol. The van der Waals surface area contributed by atoms with Crippen LogP contribution in [-0.4, -0.2) is 26.4 Å². The zero-order valence-electron chi connectivity index (χ0n) is 16.0. The zero-order valence-corrected chi connectivity index (χ0v) is 19.1. The minimum absolute atomic E-state index is 0.157. The lowest BCUT2D eigenvalue weighted by Gasteiger charge is -2.14. The molecule has 0 aliphatic heterocycles. The molecule has 1 heterocycles. The third-order valence-electron chi connectivity index (χ3n) is 3.92. The second kappa shape index (κ2) is 9.69. The van der Waals surface area contributed by atoms with Crippen molar-refractivity contribution in [1.82, 2.24) is 0 Å². The monoisotopic (exact) mass is 498 g/mol. The van der Waals surface area contributed by atoms with E-state index >= 15 is 0 Å². The first-order chi connectivity index (χ1) is 14.6. The number of ether oxygens (including phenoxy) is 1. The van der Waals surface area contributed by atoms with Crippen molar-refractivity contribution in [2.24, 2.45) is 0 Å². The minimum Gasteiger partial charge on any atom is -0.449 e. The first-order valence-corrected chi connectivity index (χ1v) is 11.9. The Kier molecular flexibility index (Phi) is 7.22. The fourth-order valence-electron chi connectivity index (χ4n) is 2.45. The van der Waals surface area contributed by atoms with Crippen molar-refractivity contribution in [3.63, 3.8) is 0 Å². The highest BCUT2D eigenvalue weighted by atomic mass is 35.5. The first-order valence-electron chi connectivity index (χ1n) is 8.78. The Hall–Kier alpha value is -2.59. The molecule has 3 aromatic rings. The van der Waals surface area contributed by atoms with Gasteiger partial charge in [-0.2, -0.15) is 0 Å². The molecule has 0 unspecified atom stereocenters. The number of hydrogen-bond donors (Lipinski definition) is 2. The van der Waals surface area contributed by atoms with Crippen LogP contribution in [0.2, 0.25) is 10.0 Å². The molecular formula is C20H16Cl2N2O5S2.